The second-order valence-corrected chi connectivity index (χ2v) is 6.30. The van der Waals surface area contributed by atoms with Gasteiger partial charge in [-0.2, -0.15) is 0 Å². The van der Waals surface area contributed by atoms with Gasteiger partial charge in [-0.15, -0.1) is 0 Å². The van der Waals surface area contributed by atoms with Crippen LogP contribution in [0.15, 0.2) is 23.1 Å². The maximum Gasteiger partial charge on any atom is 0.251 e. The maximum absolute atomic E-state index is 13.4. The predicted molar refractivity (Wildman–Crippen MR) is 74.2 cm³/mol. The van der Waals surface area contributed by atoms with Gasteiger partial charge in [-0.1, -0.05) is 19.8 Å². The summed E-state index contributed by atoms with van der Waals surface area (Å²) in [6, 6.07) is 2.77. The lowest BCUT2D eigenvalue weighted by atomic mass is 10.1. The van der Waals surface area contributed by atoms with Crippen molar-refractivity contribution in [1.29, 1.82) is 0 Å². The maximum atomic E-state index is 13.4. The Hall–Kier alpha value is -1.47. The van der Waals surface area contributed by atoms with Gasteiger partial charge in [-0.05, 0) is 31.5 Å². The predicted octanol–water partition coefficient (Wildman–Crippen LogP) is 1.78. The molecule has 112 valence electrons. The van der Waals surface area contributed by atoms with Gasteiger partial charge in [-0.25, -0.2) is 17.9 Å². The molecule has 1 unspecified atom stereocenters. The van der Waals surface area contributed by atoms with Crippen LogP contribution in [0.5, 0.6) is 0 Å². The molecule has 3 N–H and O–H groups in total. The van der Waals surface area contributed by atoms with Gasteiger partial charge in [0, 0.05) is 11.6 Å². The zero-order chi connectivity index (χ0) is 15.3. The van der Waals surface area contributed by atoms with E-state index in [9.17, 15) is 17.6 Å². The first-order chi connectivity index (χ1) is 9.24. The third-order valence-electron chi connectivity index (χ3n) is 2.83. The molecule has 1 atom stereocenters. The molecule has 0 aliphatic carbocycles. The van der Waals surface area contributed by atoms with Gasteiger partial charge < -0.3 is 5.32 Å². The average molecular weight is 302 g/mol. The van der Waals surface area contributed by atoms with Gasteiger partial charge in [0.15, 0.2) is 0 Å². The van der Waals surface area contributed by atoms with Crippen molar-refractivity contribution in [3.63, 3.8) is 0 Å². The van der Waals surface area contributed by atoms with E-state index in [0.717, 1.165) is 37.5 Å². The van der Waals surface area contributed by atoms with E-state index in [-0.39, 0.29) is 11.6 Å². The topological polar surface area (TPSA) is 89.3 Å². The number of unbranched alkanes of at least 4 members (excludes halogenated alkanes) is 1. The third kappa shape index (κ3) is 4.90. The van der Waals surface area contributed by atoms with Crippen LogP contribution in [0.4, 0.5) is 4.39 Å². The molecule has 20 heavy (non-hydrogen) atoms. The van der Waals surface area contributed by atoms with Crippen molar-refractivity contribution in [1.82, 2.24) is 5.32 Å². The SMILES string of the molecule is CCCCC(C)NC(=O)c1cc(F)cc(S(N)(=O)=O)c1. The Morgan fingerprint density at radius 2 is 2.05 bits per heavy atom. The Morgan fingerprint density at radius 1 is 1.40 bits per heavy atom. The molecule has 0 aromatic heterocycles. The summed E-state index contributed by atoms with van der Waals surface area (Å²) < 4.78 is 35.8. The lowest BCUT2D eigenvalue weighted by molar-refractivity contribution is 0.0937. The van der Waals surface area contributed by atoms with Crippen LogP contribution < -0.4 is 10.5 Å². The monoisotopic (exact) mass is 302 g/mol. The van der Waals surface area contributed by atoms with Crippen molar-refractivity contribution in [2.24, 2.45) is 5.14 Å². The molecule has 0 saturated heterocycles. The van der Waals surface area contributed by atoms with E-state index in [0.29, 0.717) is 0 Å². The molecular formula is C13H19FN2O3S. The number of benzene rings is 1. The summed E-state index contributed by atoms with van der Waals surface area (Å²) in [5.74, 6) is -1.33. The van der Waals surface area contributed by atoms with Crippen LogP contribution in [0.1, 0.15) is 43.5 Å². The lowest BCUT2D eigenvalue weighted by Crippen LogP contribution is -2.32. The molecule has 7 heteroatoms. The molecule has 0 aliphatic heterocycles. The van der Waals surface area contributed by atoms with E-state index in [1.807, 2.05) is 13.8 Å². The lowest BCUT2D eigenvalue weighted by Gasteiger charge is -2.13. The van der Waals surface area contributed by atoms with Crippen LogP contribution in [0.2, 0.25) is 0 Å². The number of hydrogen-bond acceptors (Lipinski definition) is 3. The van der Waals surface area contributed by atoms with Gasteiger partial charge in [0.1, 0.15) is 5.82 Å². The van der Waals surface area contributed by atoms with Gasteiger partial charge in [-0.3, -0.25) is 4.79 Å². The van der Waals surface area contributed by atoms with Crippen LogP contribution in [-0.4, -0.2) is 20.4 Å². The molecule has 1 aromatic carbocycles. The number of nitrogens with two attached hydrogens (primary N) is 1. The molecule has 0 fully saturated rings. The molecular weight excluding hydrogens is 283 g/mol. The molecule has 0 spiro atoms. The van der Waals surface area contributed by atoms with Crippen LogP contribution in [0.25, 0.3) is 0 Å². The molecule has 1 amide bonds. The van der Waals surface area contributed by atoms with E-state index < -0.39 is 26.6 Å². The summed E-state index contributed by atoms with van der Waals surface area (Å²) in [5, 5.41) is 7.63. The molecule has 0 bridgehead atoms. The minimum Gasteiger partial charge on any atom is -0.350 e. The Balaban J connectivity index is 2.91. The van der Waals surface area contributed by atoms with E-state index in [1.165, 1.54) is 0 Å². The number of primary sulfonamides is 1. The fourth-order valence-electron chi connectivity index (χ4n) is 1.75. The number of halogens is 1. The van der Waals surface area contributed by atoms with E-state index >= 15 is 0 Å². The highest BCUT2D eigenvalue weighted by atomic mass is 32.2. The highest BCUT2D eigenvalue weighted by Crippen LogP contribution is 2.13. The Labute approximate surface area is 118 Å². The first-order valence-electron chi connectivity index (χ1n) is 6.38. The summed E-state index contributed by atoms with van der Waals surface area (Å²) in [6.45, 7) is 3.88. The number of carbonyl (C=O) groups is 1. The average Bonchev–Trinajstić information content (AvgIpc) is 2.34. The largest absolute Gasteiger partial charge is 0.350 e. The Kier molecular flexibility index (Phi) is 5.64. The molecule has 0 saturated carbocycles. The summed E-state index contributed by atoms with van der Waals surface area (Å²) in [7, 11) is -4.04. The molecule has 1 rings (SSSR count). The highest BCUT2D eigenvalue weighted by Gasteiger charge is 2.16. The van der Waals surface area contributed by atoms with Gasteiger partial charge in [0.05, 0.1) is 4.90 Å². The minimum absolute atomic E-state index is 0.0580. The number of hydrogen-bond donors (Lipinski definition) is 2. The second kappa shape index (κ2) is 6.81. The van der Waals surface area contributed by atoms with E-state index in [1.54, 1.807) is 0 Å². The van der Waals surface area contributed by atoms with Crippen molar-refractivity contribution >= 4 is 15.9 Å². The molecule has 0 aliphatic rings. The molecule has 5 nitrogen and oxygen atoms in total. The number of carbonyl (C=O) groups excluding carboxylic acids is 1. The van der Waals surface area contributed by atoms with Crippen LogP contribution >= 0.6 is 0 Å². The van der Waals surface area contributed by atoms with Crippen LogP contribution in [-0.2, 0) is 10.0 Å². The Morgan fingerprint density at radius 3 is 2.60 bits per heavy atom. The fourth-order valence-corrected chi connectivity index (χ4v) is 2.32. The summed E-state index contributed by atoms with van der Waals surface area (Å²) >= 11 is 0. The molecule has 0 radical (unpaired) electrons. The number of amides is 1. The van der Waals surface area contributed by atoms with Crippen molar-refractivity contribution in [2.45, 2.75) is 44.0 Å². The number of sulfonamides is 1. The van der Waals surface area contributed by atoms with E-state index in [4.69, 9.17) is 5.14 Å². The van der Waals surface area contributed by atoms with Crippen LogP contribution in [0, 0.1) is 5.82 Å². The zero-order valence-electron chi connectivity index (χ0n) is 11.5. The van der Waals surface area contributed by atoms with E-state index in [2.05, 4.69) is 5.32 Å². The van der Waals surface area contributed by atoms with Crippen LogP contribution in [0.3, 0.4) is 0 Å². The minimum atomic E-state index is -4.04. The highest BCUT2D eigenvalue weighted by molar-refractivity contribution is 7.89. The van der Waals surface area contributed by atoms with Gasteiger partial charge >= 0.3 is 0 Å². The third-order valence-corrected chi connectivity index (χ3v) is 3.72. The quantitative estimate of drug-likeness (QED) is 0.839. The molecule has 1 aromatic rings. The summed E-state index contributed by atoms with van der Waals surface area (Å²) in [4.78, 5) is 11.5. The number of nitrogens with one attached hydrogen (secondary N) is 1. The first-order valence-corrected chi connectivity index (χ1v) is 7.93. The zero-order valence-corrected chi connectivity index (χ0v) is 12.3. The fraction of sp³-hybridized carbons (Fsp3) is 0.462. The summed E-state index contributed by atoms with van der Waals surface area (Å²) in [5.41, 5.74) is -0.0580. The van der Waals surface area contributed by atoms with Crippen molar-refractivity contribution < 1.29 is 17.6 Å². The standard InChI is InChI=1S/C13H19FN2O3S/c1-3-4-5-9(2)16-13(17)10-6-11(14)8-12(7-10)20(15,18)19/h6-9H,3-5H2,1-2H3,(H,16,17)(H2,15,18,19). The second-order valence-electron chi connectivity index (χ2n) is 4.74. The smallest absolute Gasteiger partial charge is 0.251 e. The Bertz CT molecular complexity index is 587. The summed E-state index contributed by atoms with van der Waals surface area (Å²) in [6.07, 6.45) is 2.78. The number of rotatable bonds is 6. The molecule has 0 heterocycles. The van der Waals surface area contributed by atoms with Crippen molar-refractivity contribution in [2.75, 3.05) is 0 Å². The van der Waals surface area contributed by atoms with Crippen molar-refractivity contribution in [3.8, 4) is 0 Å². The normalized spacial score (nSPS) is 13.0. The van der Waals surface area contributed by atoms with Crippen molar-refractivity contribution in [3.05, 3.63) is 29.6 Å². The van der Waals surface area contributed by atoms with Gasteiger partial charge in [0.25, 0.3) is 5.91 Å². The first kappa shape index (κ1) is 16.6. The van der Waals surface area contributed by atoms with Gasteiger partial charge in [0.2, 0.25) is 10.0 Å².